The monoisotopic (exact) mass is 217 g/mol. The van der Waals surface area contributed by atoms with Gasteiger partial charge in [-0.3, -0.25) is 0 Å². The molecule has 86 valence electrons. The topological polar surface area (TPSA) is 21.3 Å². The number of nitrogens with one attached hydrogen (secondary N) is 1. The van der Waals surface area contributed by atoms with Gasteiger partial charge in [-0.15, -0.1) is 0 Å². The van der Waals surface area contributed by atoms with Crippen LogP contribution in [0, 0.1) is 19.8 Å². The first kappa shape index (κ1) is 10.2. The molecule has 2 atom stereocenters. The van der Waals surface area contributed by atoms with Crippen LogP contribution in [-0.4, -0.2) is 19.7 Å². The van der Waals surface area contributed by atoms with Crippen molar-refractivity contribution in [2.24, 2.45) is 5.92 Å². The van der Waals surface area contributed by atoms with Gasteiger partial charge in [0.15, 0.2) is 0 Å². The zero-order chi connectivity index (χ0) is 11.1. The lowest BCUT2D eigenvalue weighted by molar-refractivity contribution is 0.166. The molecular formula is C14H19NO. The van der Waals surface area contributed by atoms with Crippen LogP contribution in [0.1, 0.15) is 29.0 Å². The summed E-state index contributed by atoms with van der Waals surface area (Å²) in [5.41, 5.74) is 4.11. The van der Waals surface area contributed by atoms with E-state index in [9.17, 15) is 0 Å². The van der Waals surface area contributed by atoms with E-state index in [0.29, 0.717) is 11.8 Å². The van der Waals surface area contributed by atoms with Crippen molar-refractivity contribution in [1.82, 2.24) is 5.32 Å². The van der Waals surface area contributed by atoms with Crippen LogP contribution in [0.2, 0.25) is 0 Å². The molecule has 0 aromatic heterocycles. The van der Waals surface area contributed by atoms with Crippen LogP contribution in [0.5, 0.6) is 5.75 Å². The molecule has 2 aliphatic rings. The molecule has 1 saturated heterocycles. The zero-order valence-electron chi connectivity index (χ0n) is 10.0. The van der Waals surface area contributed by atoms with Crippen LogP contribution in [0.3, 0.4) is 0 Å². The Balaban J connectivity index is 2.06. The minimum atomic E-state index is 0.669. The number of rotatable bonds is 0. The lowest BCUT2D eigenvalue weighted by Gasteiger charge is -2.38. The molecule has 1 fully saturated rings. The molecule has 0 radical (unpaired) electrons. The van der Waals surface area contributed by atoms with Gasteiger partial charge in [-0.25, -0.2) is 0 Å². The summed E-state index contributed by atoms with van der Waals surface area (Å²) in [4.78, 5) is 0. The molecule has 1 aromatic rings. The minimum Gasteiger partial charge on any atom is -0.493 e. The highest BCUT2D eigenvalue weighted by Crippen LogP contribution is 2.42. The smallest absolute Gasteiger partial charge is 0.125 e. The predicted molar refractivity (Wildman–Crippen MR) is 65.1 cm³/mol. The molecule has 0 amide bonds. The Morgan fingerprint density at radius 1 is 1.31 bits per heavy atom. The Hall–Kier alpha value is -1.02. The number of benzene rings is 1. The maximum Gasteiger partial charge on any atom is 0.125 e. The molecule has 0 spiro atoms. The lowest BCUT2D eigenvalue weighted by atomic mass is 9.78. The van der Waals surface area contributed by atoms with Crippen LogP contribution in [0.15, 0.2) is 12.1 Å². The van der Waals surface area contributed by atoms with Crippen LogP contribution < -0.4 is 10.1 Å². The van der Waals surface area contributed by atoms with Crippen molar-refractivity contribution < 1.29 is 4.74 Å². The van der Waals surface area contributed by atoms with E-state index in [1.54, 1.807) is 0 Å². The fraction of sp³-hybridized carbons (Fsp3) is 0.571. The largest absolute Gasteiger partial charge is 0.493 e. The van der Waals surface area contributed by atoms with Crippen LogP contribution in [0.25, 0.3) is 0 Å². The van der Waals surface area contributed by atoms with Gasteiger partial charge in [0.1, 0.15) is 5.75 Å². The van der Waals surface area contributed by atoms with Gasteiger partial charge in [-0.2, -0.15) is 0 Å². The third kappa shape index (κ3) is 1.52. The van der Waals surface area contributed by atoms with Crippen molar-refractivity contribution in [2.75, 3.05) is 19.7 Å². The normalized spacial score (nSPS) is 27.9. The summed E-state index contributed by atoms with van der Waals surface area (Å²) in [5, 5.41) is 3.46. The Morgan fingerprint density at radius 3 is 3.06 bits per heavy atom. The van der Waals surface area contributed by atoms with E-state index in [0.717, 1.165) is 25.4 Å². The van der Waals surface area contributed by atoms with Crippen LogP contribution in [0.4, 0.5) is 0 Å². The molecule has 1 aromatic carbocycles. The van der Waals surface area contributed by atoms with E-state index in [2.05, 4.69) is 31.3 Å². The molecule has 2 aliphatic heterocycles. The summed E-state index contributed by atoms with van der Waals surface area (Å²) in [6.45, 7) is 7.48. The van der Waals surface area contributed by atoms with Gasteiger partial charge in [0, 0.05) is 12.5 Å². The fourth-order valence-corrected chi connectivity index (χ4v) is 3.16. The summed E-state index contributed by atoms with van der Waals surface area (Å²) < 4.78 is 5.94. The fourth-order valence-electron chi connectivity index (χ4n) is 3.16. The molecule has 1 N–H and O–H groups in total. The third-order valence-corrected chi connectivity index (χ3v) is 3.90. The van der Waals surface area contributed by atoms with Gasteiger partial charge in [-0.05, 0) is 43.9 Å². The number of aryl methyl sites for hydroxylation is 2. The molecule has 3 rings (SSSR count). The first-order valence-electron chi connectivity index (χ1n) is 6.20. The van der Waals surface area contributed by atoms with Crippen molar-refractivity contribution in [3.8, 4) is 5.75 Å². The molecule has 0 aliphatic carbocycles. The Kier molecular flexibility index (Phi) is 2.40. The average molecular weight is 217 g/mol. The van der Waals surface area contributed by atoms with Gasteiger partial charge < -0.3 is 10.1 Å². The van der Waals surface area contributed by atoms with Gasteiger partial charge in [0.25, 0.3) is 0 Å². The molecular weight excluding hydrogens is 198 g/mol. The van der Waals surface area contributed by atoms with Crippen molar-refractivity contribution in [2.45, 2.75) is 26.2 Å². The minimum absolute atomic E-state index is 0.669. The second kappa shape index (κ2) is 3.77. The summed E-state index contributed by atoms with van der Waals surface area (Å²) in [7, 11) is 0. The summed E-state index contributed by atoms with van der Waals surface area (Å²) >= 11 is 0. The van der Waals surface area contributed by atoms with Crippen LogP contribution >= 0.6 is 0 Å². The van der Waals surface area contributed by atoms with E-state index in [4.69, 9.17) is 4.74 Å². The highest BCUT2D eigenvalue weighted by Gasteiger charge is 2.33. The van der Waals surface area contributed by atoms with Gasteiger partial charge in [0.2, 0.25) is 0 Å². The van der Waals surface area contributed by atoms with Crippen LogP contribution in [-0.2, 0) is 0 Å². The van der Waals surface area contributed by atoms with Gasteiger partial charge >= 0.3 is 0 Å². The molecule has 2 heteroatoms. The van der Waals surface area contributed by atoms with Crippen molar-refractivity contribution in [3.05, 3.63) is 28.8 Å². The number of hydrogen-bond donors (Lipinski definition) is 1. The lowest BCUT2D eigenvalue weighted by Crippen LogP contribution is -2.40. The summed E-state index contributed by atoms with van der Waals surface area (Å²) in [5.74, 6) is 2.54. The first-order valence-corrected chi connectivity index (χ1v) is 6.20. The number of ether oxygens (including phenoxy) is 1. The first-order chi connectivity index (χ1) is 7.75. The Labute approximate surface area is 97.0 Å². The maximum absolute atomic E-state index is 5.94. The predicted octanol–water partition coefficient (Wildman–Crippen LogP) is 2.39. The summed E-state index contributed by atoms with van der Waals surface area (Å²) in [6, 6.07) is 4.55. The second-order valence-electron chi connectivity index (χ2n) is 5.17. The zero-order valence-corrected chi connectivity index (χ0v) is 10.0. The Bertz CT molecular complexity index is 413. The quantitative estimate of drug-likeness (QED) is 0.720. The van der Waals surface area contributed by atoms with Gasteiger partial charge in [0.05, 0.1) is 6.61 Å². The number of fused-ring (bicyclic) bond motifs is 3. The molecule has 2 unspecified atom stereocenters. The van der Waals surface area contributed by atoms with Gasteiger partial charge in [-0.1, -0.05) is 17.7 Å². The third-order valence-electron chi connectivity index (χ3n) is 3.90. The molecule has 16 heavy (non-hydrogen) atoms. The second-order valence-corrected chi connectivity index (χ2v) is 5.17. The molecule has 2 heterocycles. The summed E-state index contributed by atoms with van der Waals surface area (Å²) in [6.07, 6.45) is 1.25. The molecule has 0 saturated carbocycles. The van der Waals surface area contributed by atoms with E-state index in [-0.39, 0.29) is 0 Å². The van der Waals surface area contributed by atoms with E-state index in [1.165, 1.54) is 23.1 Å². The van der Waals surface area contributed by atoms with Crippen molar-refractivity contribution in [3.63, 3.8) is 0 Å². The van der Waals surface area contributed by atoms with E-state index in [1.807, 2.05) is 0 Å². The SMILES string of the molecule is Cc1cc(C)c2c(c1)C1CCNCC1CO2. The average Bonchev–Trinajstić information content (AvgIpc) is 2.28. The Morgan fingerprint density at radius 2 is 2.19 bits per heavy atom. The molecule has 0 bridgehead atoms. The molecule has 2 nitrogen and oxygen atoms in total. The highest BCUT2D eigenvalue weighted by atomic mass is 16.5. The number of piperidine rings is 1. The standard InChI is InChI=1S/C14H19NO/c1-9-5-10(2)14-13(6-9)12-3-4-15-7-11(12)8-16-14/h5-6,11-12,15H,3-4,7-8H2,1-2H3. The van der Waals surface area contributed by atoms with E-state index >= 15 is 0 Å². The maximum atomic E-state index is 5.94. The van der Waals surface area contributed by atoms with Crippen molar-refractivity contribution in [1.29, 1.82) is 0 Å². The number of hydrogen-bond acceptors (Lipinski definition) is 2. The van der Waals surface area contributed by atoms with Crippen molar-refractivity contribution >= 4 is 0 Å². The highest BCUT2D eigenvalue weighted by molar-refractivity contribution is 5.47. The van der Waals surface area contributed by atoms with E-state index < -0.39 is 0 Å².